The molecule has 1 aromatic rings. The molecule has 0 aliphatic carbocycles. The number of phenolic OH excluding ortho intramolecular Hbond substituents is 1. The van der Waals surface area contributed by atoms with Gasteiger partial charge in [0.05, 0.1) is 0 Å². The molecule has 0 radical (unpaired) electrons. The zero-order chi connectivity index (χ0) is 11.8. The number of hydrogen-bond acceptors (Lipinski definition) is 2. The van der Waals surface area contributed by atoms with E-state index in [0.717, 1.165) is 16.7 Å². The van der Waals surface area contributed by atoms with Gasteiger partial charge in [0.1, 0.15) is 5.75 Å². The zero-order valence-electron chi connectivity index (χ0n) is 10.3. The fourth-order valence-electron chi connectivity index (χ4n) is 1.99. The lowest BCUT2D eigenvalue weighted by Crippen LogP contribution is -2.30. The van der Waals surface area contributed by atoms with E-state index in [2.05, 4.69) is 13.8 Å². The van der Waals surface area contributed by atoms with Crippen LogP contribution in [0.4, 0.5) is 0 Å². The lowest BCUT2D eigenvalue weighted by atomic mass is 9.86. The van der Waals surface area contributed by atoms with Crippen LogP contribution >= 0.6 is 0 Å². The molecule has 2 heteroatoms. The van der Waals surface area contributed by atoms with Crippen LogP contribution in [0.1, 0.15) is 50.3 Å². The van der Waals surface area contributed by atoms with Gasteiger partial charge in [0.25, 0.3) is 0 Å². The second kappa shape index (κ2) is 3.86. The van der Waals surface area contributed by atoms with Gasteiger partial charge in [-0.2, -0.15) is 0 Å². The summed E-state index contributed by atoms with van der Waals surface area (Å²) < 4.78 is 0. The third kappa shape index (κ3) is 2.32. The second-order valence-electron chi connectivity index (χ2n) is 5.07. The van der Waals surface area contributed by atoms with Crippen molar-refractivity contribution in [2.24, 2.45) is 5.73 Å². The molecule has 15 heavy (non-hydrogen) atoms. The molecular weight excluding hydrogens is 186 g/mol. The Morgan fingerprint density at radius 2 is 1.80 bits per heavy atom. The molecule has 0 atom stereocenters. The fraction of sp³-hybridized carbons (Fsp3) is 0.538. The van der Waals surface area contributed by atoms with Gasteiger partial charge in [0.2, 0.25) is 0 Å². The van der Waals surface area contributed by atoms with Crippen molar-refractivity contribution in [3.05, 3.63) is 28.8 Å². The van der Waals surface area contributed by atoms with E-state index in [0.29, 0.717) is 11.7 Å². The number of nitrogens with two attached hydrogens (primary N) is 1. The Bertz CT molecular complexity index is 362. The van der Waals surface area contributed by atoms with Crippen LogP contribution in [0.5, 0.6) is 5.75 Å². The third-order valence-corrected chi connectivity index (χ3v) is 2.68. The highest BCUT2D eigenvalue weighted by atomic mass is 16.3. The fourth-order valence-corrected chi connectivity index (χ4v) is 1.99. The number of phenols is 1. The van der Waals surface area contributed by atoms with Gasteiger partial charge in [-0.25, -0.2) is 0 Å². The minimum atomic E-state index is -0.501. The van der Waals surface area contributed by atoms with Gasteiger partial charge < -0.3 is 10.8 Å². The van der Waals surface area contributed by atoms with Gasteiger partial charge in [-0.05, 0) is 37.8 Å². The van der Waals surface area contributed by atoms with E-state index in [1.54, 1.807) is 0 Å². The van der Waals surface area contributed by atoms with Crippen LogP contribution in [0, 0.1) is 6.92 Å². The van der Waals surface area contributed by atoms with E-state index in [4.69, 9.17) is 5.73 Å². The molecule has 0 bridgehead atoms. The minimum absolute atomic E-state index is 0.312. The van der Waals surface area contributed by atoms with Crippen LogP contribution in [0.25, 0.3) is 0 Å². The van der Waals surface area contributed by atoms with Gasteiger partial charge in [-0.3, -0.25) is 0 Å². The summed E-state index contributed by atoms with van der Waals surface area (Å²) >= 11 is 0. The summed E-state index contributed by atoms with van der Waals surface area (Å²) in [7, 11) is 0. The van der Waals surface area contributed by atoms with Gasteiger partial charge in [-0.1, -0.05) is 26.0 Å². The van der Waals surface area contributed by atoms with Crippen molar-refractivity contribution in [2.75, 3.05) is 0 Å². The number of rotatable bonds is 2. The van der Waals surface area contributed by atoms with Crippen molar-refractivity contribution < 1.29 is 5.11 Å². The van der Waals surface area contributed by atoms with Crippen molar-refractivity contribution in [3.8, 4) is 5.75 Å². The van der Waals surface area contributed by atoms with Gasteiger partial charge in [0.15, 0.2) is 0 Å². The molecule has 3 N–H and O–H groups in total. The summed E-state index contributed by atoms with van der Waals surface area (Å²) in [5.74, 6) is 0.671. The Labute approximate surface area is 92.1 Å². The summed E-state index contributed by atoms with van der Waals surface area (Å²) in [6.45, 7) is 9.95. The largest absolute Gasteiger partial charge is 0.507 e. The highest BCUT2D eigenvalue weighted by Gasteiger charge is 2.23. The predicted octanol–water partition coefficient (Wildman–Crippen LogP) is 3.02. The third-order valence-electron chi connectivity index (χ3n) is 2.68. The first kappa shape index (κ1) is 12.1. The lowest BCUT2D eigenvalue weighted by Gasteiger charge is -2.25. The number of benzene rings is 1. The van der Waals surface area contributed by atoms with Crippen LogP contribution in [0.3, 0.4) is 0 Å². The van der Waals surface area contributed by atoms with Crippen molar-refractivity contribution >= 4 is 0 Å². The first-order chi connectivity index (χ1) is 6.75. The molecule has 0 saturated carbocycles. The Balaban J connectivity index is 3.44. The number of hydrogen-bond donors (Lipinski definition) is 2. The second-order valence-corrected chi connectivity index (χ2v) is 5.07. The van der Waals surface area contributed by atoms with Gasteiger partial charge >= 0.3 is 0 Å². The topological polar surface area (TPSA) is 46.2 Å². The zero-order valence-corrected chi connectivity index (χ0v) is 10.3. The minimum Gasteiger partial charge on any atom is -0.507 e. The van der Waals surface area contributed by atoms with Gasteiger partial charge in [0, 0.05) is 11.1 Å². The molecular formula is C13H21NO. The van der Waals surface area contributed by atoms with Crippen molar-refractivity contribution in [1.29, 1.82) is 0 Å². The van der Waals surface area contributed by atoms with Crippen LogP contribution < -0.4 is 5.73 Å². The van der Waals surface area contributed by atoms with Crippen LogP contribution in [-0.2, 0) is 5.54 Å². The summed E-state index contributed by atoms with van der Waals surface area (Å²) in [6.07, 6.45) is 0. The molecule has 0 aliphatic rings. The molecule has 0 unspecified atom stereocenters. The number of aromatic hydroxyl groups is 1. The van der Waals surface area contributed by atoms with Crippen LogP contribution in [0.15, 0.2) is 12.1 Å². The monoisotopic (exact) mass is 207 g/mol. The van der Waals surface area contributed by atoms with E-state index >= 15 is 0 Å². The molecule has 0 aromatic heterocycles. The molecule has 0 heterocycles. The average Bonchev–Trinajstić information content (AvgIpc) is 2.00. The maximum absolute atomic E-state index is 10.2. The Kier molecular flexibility index (Phi) is 3.10. The summed E-state index contributed by atoms with van der Waals surface area (Å²) in [6, 6.07) is 4.00. The molecule has 0 fully saturated rings. The van der Waals surface area contributed by atoms with Gasteiger partial charge in [-0.15, -0.1) is 0 Å². The lowest BCUT2D eigenvalue weighted by molar-refractivity contribution is 0.430. The first-order valence-corrected chi connectivity index (χ1v) is 5.37. The normalized spacial score (nSPS) is 12.2. The van der Waals surface area contributed by atoms with E-state index in [1.807, 2.05) is 32.9 Å². The molecule has 0 aliphatic heterocycles. The summed E-state index contributed by atoms with van der Waals surface area (Å²) in [5.41, 5.74) is 8.43. The maximum atomic E-state index is 10.2. The smallest absolute Gasteiger partial charge is 0.124 e. The highest BCUT2D eigenvalue weighted by Crippen LogP contribution is 2.36. The Morgan fingerprint density at radius 3 is 2.20 bits per heavy atom. The molecule has 0 saturated heterocycles. The van der Waals surface area contributed by atoms with Crippen molar-refractivity contribution in [1.82, 2.24) is 0 Å². The Morgan fingerprint density at radius 1 is 1.27 bits per heavy atom. The SMILES string of the molecule is Cc1ccc(C(C)C)c(O)c1C(C)(C)N. The average molecular weight is 207 g/mol. The molecule has 1 rings (SSSR count). The van der Waals surface area contributed by atoms with Crippen LogP contribution in [-0.4, -0.2) is 5.11 Å². The van der Waals surface area contributed by atoms with E-state index in [9.17, 15) is 5.11 Å². The van der Waals surface area contributed by atoms with Crippen molar-refractivity contribution in [3.63, 3.8) is 0 Å². The number of aryl methyl sites for hydroxylation is 1. The van der Waals surface area contributed by atoms with E-state index in [1.165, 1.54) is 0 Å². The molecule has 0 amide bonds. The van der Waals surface area contributed by atoms with E-state index < -0.39 is 5.54 Å². The quantitative estimate of drug-likeness (QED) is 0.783. The predicted molar refractivity (Wildman–Crippen MR) is 64.1 cm³/mol. The maximum Gasteiger partial charge on any atom is 0.124 e. The summed E-state index contributed by atoms with van der Waals surface area (Å²) in [5, 5.41) is 10.2. The molecule has 84 valence electrons. The first-order valence-electron chi connectivity index (χ1n) is 5.37. The standard InChI is InChI=1S/C13H21NO/c1-8(2)10-7-6-9(3)11(12(10)15)13(4,5)14/h6-8,15H,14H2,1-5H3. The van der Waals surface area contributed by atoms with Crippen LogP contribution in [0.2, 0.25) is 0 Å². The molecule has 2 nitrogen and oxygen atoms in total. The van der Waals surface area contributed by atoms with Crippen molar-refractivity contribution in [2.45, 2.75) is 46.1 Å². The van der Waals surface area contributed by atoms with E-state index in [-0.39, 0.29) is 0 Å². The highest BCUT2D eigenvalue weighted by molar-refractivity contribution is 5.49. The Hall–Kier alpha value is -1.02. The molecule has 1 aromatic carbocycles. The molecule has 0 spiro atoms. The summed E-state index contributed by atoms with van der Waals surface area (Å²) in [4.78, 5) is 0.